The molecule has 26 heavy (non-hydrogen) atoms. The highest BCUT2D eigenvalue weighted by Crippen LogP contribution is 2.43. The summed E-state index contributed by atoms with van der Waals surface area (Å²) in [5.41, 5.74) is -0.664. The van der Waals surface area contributed by atoms with Gasteiger partial charge in [0.2, 0.25) is 0 Å². The van der Waals surface area contributed by atoms with Crippen molar-refractivity contribution in [3.05, 3.63) is 31.2 Å². The summed E-state index contributed by atoms with van der Waals surface area (Å²) in [6, 6.07) is 0. The monoisotopic (exact) mass is 440 g/mol. The smallest absolute Gasteiger partial charge is 0.340 e. The number of hydrogen-bond donors (Lipinski definition) is 1. The van der Waals surface area contributed by atoms with Gasteiger partial charge >= 0.3 is 11.9 Å². The molecule has 0 saturated heterocycles. The van der Waals surface area contributed by atoms with E-state index < -0.39 is 17.5 Å². The molecule has 8 heteroatoms. The molecule has 0 bridgehead atoms. The lowest BCUT2D eigenvalue weighted by atomic mass is 9.72. The lowest BCUT2D eigenvalue weighted by Crippen LogP contribution is -2.30. The topological polar surface area (TPSA) is 63.6 Å². The van der Waals surface area contributed by atoms with Crippen molar-refractivity contribution in [2.75, 3.05) is 0 Å². The molecule has 0 spiro atoms. The van der Waals surface area contributed by atoms with Gasteiger partial charge in [-0.25, -0.2) is 9.59 Å². The van der Waals surface area contributed by atoms with Gasteiger partial charge in [0.15, 0.2) is 0 Å². The van der Waals surface area contributed by atoms with Gasteiger partial charge in [-0.2, -0.15) is 0 Å². The highest BCUT2D eigenvalue weighted by atomic mass is 35.5. The lowest BCUT2D eigenvalue weighted by Gasteiger charge is -2.36. The number of carboxylic acid groups (broad SMARTS) is 1. The number of carbonyl (C=O) groups excluding carboxylic acids is 1. The van der Waals surface area contributed by atoms with Crippen LogP contribution in [0.15, 0.2) is 0 Å². The average Bonchev–Trinajstić information content (AvgIpc) is 2.55. The first-order valence-electron chi connectivity index (χ1n) is 8.25. The molecule has 4 nitrogen and oxygen atoms in total. The number of hydrogen-bond acceptors (Lipinski definition) is 3. The molecule has 1 aliphatic rings. The molecule has 0 radical (unpaired) electrons. The zero-order chi connectivity index (χ0) is 19.8. The van der Waals surface area contributed by atoms with Crippen molar-refractivity contribution in [2.45, 2.75) is 52.6 Å². The van der Waals surface area contributed by atoms with Gasteiger partial charge in [-0.15, -0.1) is 0 Å². The fourth-order valence-corrected chi connectivity index (χ4v) is 4.29. The second-order valence-electron chi connectivity index (χ2n) is 7.56. The first kappa shape index (κ1) is 21.6. The number of aromatic carboxylic acids is 1. The molecule has 1 aromatic rings. The zero-order valence-electron chi connectivity index (χ0n) is 14.7. The Balaban J connectivity index is 2.25. The summed E-state index contributed by atoms with van der Waals surface area (Å²) in [5, 5.41) is 8.42. The maximum Gasteiger partial charge on any atom is 0.340 e. The molecule has 0 amide bonds. The van der Waals surface area contributed by atoms with Crippen LogP contribution in [-0.4, -0.2) is 23.1 Å². The van der Waals surface area contributed by atoms with Crippen LogP contribution in [0.3, 0.4) is 0 Å². The summed E-state index contributed by atoms with van der Waals surface area (Å²) >= 11 is 23.9. The van der Waals surface area contributed by atoms with Gasteiger partial charge in [0.25, 0.3) is 0 Å². The third-order valence-corrected chi connectivity index (χ3v) is 6.66. The van der Waals surface area contributed by atoms with E-state index in [9.17, 15) is 14.7 Å². The van der Waals surface area contributed by atoms with Crippen molar-refractivity contribution in [1.29, 1.82) is 0 Å². The van der Waals surface area contributed by atoms with E-state index in [1.807, 2.05) is 0 Å². The minimum absolute atomic E-state index is 0.174. The molecule has 1 fully saturated rings. The summed E-state index contributed by atoms with van der Waals surface area (Å²) in [6.07, 6.45) is 2.99. The first-order chi connectivity index (χ1) is 11.9. The molecule has 2 rings (SSSR count). The molecule has 144 valence electrons. The van der Waals surface area contributed by atoms with E-state index in [2.05, 4.69) is 20.8 Å². The second-order valence-corrected chi connectivity index (χ2v) is 9.07. The quantitative estimate of drug-likeness (QED) is 0.319. The van der Waals surface area contributed by atoms with E-state index in [4.69, 9.17) is 51.1 Å². The van der Waals surface area contributed by atoms with Crippen LogP contribution in [0.5, 0.6) is 0 Å². The van der Waals surface area contributed by atoms with E-state index in [0.717, 1.165) is 12.8 Å². The van der Waals surface area contributed by atoms with E-state index in [0.29, 0.717) is 18.8 Å². The van der Waals surface area contributed by atoms with Gasteiger partial charge in [0, 0.05) is 0 Å². The highest BCUT2D eigenvalue weighted by Gasteiger charge is 2.34. The van der Waals surface area contributed by atoms with Gasteiger partial charge in [-0.3, -0.25) is 0 Å². The molecular weight excluding hydrogens is 422 g/mol. The maximum atomic E-state index is 12.6. The number of ether oxygens (including phenoxy) is 1. The molecule has 0 unspecified atom stereocenters. The third-order valence-electron chi connectivity index (χ3n) is 4.86. The Hall–Kier alpha value is -0.680. The number of esters is 1. The molecule has 0 heterocycles. The molecule has 1 saturated carbocycles. The molecule has 0 atom stereocenters. The van der Waals surface area contributed by atoms with E-state index in [1.165, 1.54) is 0 Å². The molecular formula is C18H20Cl4O4. The molecule has 1 N–H and O–H groups in total. The van der Waals surface area contributed by atoms with Crippen molar-refractivity contribution >= 4 is 58.3 Å². The second kappa shape index (κ2) is 8.14. The fourth-order valence-electron chi connectivity index (χ4n) is 3.28. The Morgan fingerprint density at radius 2 is 1.35 bits per heavy atom. The molecule has 0 aliphatic heterocycles. The van der Waals surface area contributed by atoms with Crippen LogP contribution in [0.25, 0.3) is 0 Å². The Morgan fingerprint density at radius 1 is 0.885 bits per heavy atom. The minimum atomic E-state index is -1.43. The number of rotatable bonds is 3. The van der Waals surface area contributed by atoms with E-state index in [1.54, 1.807) is 0 Å². The van der Waals surface area contributed by atoms with Gasteiger partial charge in [0.1, 0.15) is 6.10 Å². The number of carboxylic acids is 1. The predicted octanol–water partition coefficient (Wildman–Crippen LogP) is 6.76. The molecule has 0 aromatic heterocycles. The Labute approximate surface area is 172 Å². The van der Waals surface area contributed by atoms with Gasteiger partial charge in [0.05, 0.1) is 31.2 Å². The third kappa shape index (κ3) is 4.41. The summed E-state index contributed by atoms with van der Waals surface area (Å²) in [7, 11) is 0. The summed E-state index contributed by atoms with van der Waals surface area (Å²) in [6.45, 7) is 6.59. The van der Waals surface area contributed by atoms with Crippen LogP contribution >= 0.6 is 46.4 Å². The van der Waals surface area contributed by atoms with Gasteiger partial charge < -0.3 is 9.84 Å². The minimum Gasteiger partial charge on any atom is -0.478 e. The number of benzene rings is 1. The number of carbonyl (C=O) groups is 2. The van der Waals surface area contributed by atoms with Crippen molar-refractivity contribution in [2.24, 2.45) is 11.3 Å². The van der Waals surface area contributed by atoms with Gasteiger partial charge in [-0.05, 0) is 37.0 Å². The van der Waals surface area contributed by atoms with Crippen LogP contribution in [0.2, 0.25) is 20.1 Å². The van der Waals surface area contributed by atoms with Crippen molar-refractivity contribution in [1.82, 2.24) is 0 Å². The summed E-state index contributed by atoms with van der Waals surface area (Å²) in [5.74, 6) is -1.74. The fraction of sp³-hybridized carbons (Fsp3) is 0.556. The SMILES string of the molecule is CC(C)(C)C1CCC(OC(=O)c2c(Cl)c(Cl)c(Cl)c(Cl)c2C(=O)O)CC1. The van der Waals surface area contributed by atoms with Crippen LogP contribution in [0.4, 0.5) is 0 Å². The number of halogens is 4. The van der Waals surface area contributed by atoms with Crippen molar-refractivity contribution in [3.63, 3.8) is 0 Å². The van der Waals surface area contributed by atoms with Crippen LogP contribution in [0.1, 0.15) is 67.2 Å². The Bertz CT molecular complexity index is 732. The van der Waals surface area contributed by atoms with Crippen LogP contribution in [0, 0.1) is 11.3 Å². The van der Waals surface area contributed by atoms with E-state index >= 15 is 0 Å². The van der Waals surface area contributed by atoms with Crippen molar-refractivity contribution in [3.8, 4) is 0 Å². The lowest BCUT2D eigenvalue weighted by molar-refractivity contribution is 0.00899. The maximum absolute atomic E-state index is 12.6. The summed E-state index contributed by atoms with van der Waals surface area (Å²) < 4.78 is 5.51. The molecule has 1 aliphatic carbocycles. The average molecular weight is 442 g/mol. The van der Waals surface area contributed by atoms with Gasteiger partial charge in [-0.1, -0.05) is 67.2 Å². The van der Waals surface area contributed by atoms with Crippen LogP contribution < -0.4 is 0 Å². The van der Waals surface area contributed by atoms with Crippen LogP contribution in [-0.2, 0) is 4.74 Å². The Morgan fingerprint density at radius 3 is 1.77 bits per heavy atom. The summed E-state index contributed by atoms with van der Waals surface area (Å²) in [4.78, 5) is 24.2. The first-order valence-corrected chi connectivity index (χ1v) is 9.76. The van der Waals surface area contributed by atoms with E-state index in [-0.39, 0.29) is 37.2 Å². The largest absolute Gasteiger partial charge is 0.478 e. The Kier molecular flexibility index (Phi) is 6.76. The van der Waals surface area contributed by atoms with Crippen molar-refractivity contribution < 1.29 is 19.4 Å². The zero-order valence-corrected chi connectivity index (χ0v) is 17.7. The predicted molar refractivity (Wildman–Crippen MR) is 104 cm³/mol. The molecule has 1 aromatic carbocycles. The standard InChI is InChI=1S/C18H20Cl4O4/c1-18(2,3)8-4-6-9(7-5-8)26-17(25)11-10(16(23)24)12(19)14(21)15(22)13(11)20/h8-9H,4-7H2,1-3H3,(H,23,24). The highest BCUT2D eigenvalue weighted by molar-refractivity contribution is 6.54. The normalized spacial score (nSPS) is 20.7.